The average molecular weight is 373 g/mol. The molecule has 0 fully saturated rings. The largest absolute Gasteiger partial charge is 0.493 e. The standard InChI is InChI=1S/C19H20FN3O4/c1-3-27-19-13(5-4-6-16(19)26-2)12-21-23-18(25)11-17(24)22-15-9-7-14(20)8-10-15/h4-10,12H,3,11H2,1-2H3,(H,22,24)(H,23,25). The number of carbonyl (C=O) groups is 2. The molecule has 0 aliphatic carbocycles. The Hall–Kier alpha value is -3.42. The van der Waals surface area contributed by atoms with Gasteiger partial charge < -0.3 is 14.8 Å². The molecule has 2 aromatic rings. The summed E-state index contributed by atoms with van der Waals surface area (Å²) in [4.78, 5) is 23.6. The minimum atomic E-state index is -0.591. The molecule has 0 spiro atoms. The summed E-state index contributed by atoms with van der Waals surface area (Å²) < 4.78 is 23.6. The van der Waals surface area contributed by atoms with Crippen LogP contribution in [0.25, 0.3) is 0 Å². The molecule has 2 N–H and O–H groups in total. The monoisotopic (exact) mass is 373 g/mol. The van der Waals surface area contributed by atoms with Crippen molar-refractivity contribution in [2.24, 2.45) is 5.10 Å². The van der Waals surface area contributed by atoms with E-state index in [9.17, 15) is 14.0 Å². The lowest BCUT2D eigenvalue weighted by molar-refractivity contribution is -0.126. The molecule has 0 aliphatic heterocycles. The van der Waals surface area contributed by atoms with E-state index in [1.165, 1.54) is 37.6 Å². The maximum absolute atomic E-state index is 12.8. The van der Waals surface area contributed by atoms with E-state index >= 15 is 0 Å². The molecule has 27 heavy (non-hydrogen) atoms. The average Bonchev–Trinajstić information content (AvgIpc) is 2.65. The number of para-hydroxylation sites is 1. The third-order valence-corrected chi connectivity index (χ3v) is 3.36. The van der Waals surface area contributed by atoms with E-state index in [4.69, 9.17) is 9.47 Å². The van der Waals surface area contributed by atoms with Crippen LogP contribution in [0, 0.1) is 5.82 Å². The summed E-state index contributed by atoms with van der Waals surface area (Å²) >= 11 is 0. The predicted molar refractivity (Wildman–Crippen MR) is 99.5 cm³/mol. The van der Waals surface area contributed by atoms with Crippen LogP contribution in [0.5, 0.6) is 11.5 Å². The van der Waals surface area contributed by atoms with E-state index in [-0.39, 0.29) is 0 Å². The number of hydrazone groups is 1. The fourth-order valence-electron chi connectivity index (χ4n) is 2.19. The Labute approximate surface area is 156 Å². The summed E-state index contributed by atoms with van der Waals surface area (Å²) in [6.45, 7) is 2.28. The summed E-state index contributed by atoms with van der Waals surface area (Å²) in [5.41, 5.74) is 3.29. The van der Waals surface area contributed by atoms with E-state index in [0.717, 1.165) is 0 Å². The van der Waals surface area contributed by atoms with Crippen molar-refractivity contribution < 1.29 is 23.5 Å². The molecule has 8 heteroatoms. The lowest BCUT2D eigenvalue weighted by Crippen LogP contribution is -2.24. The number of hydrogen-bond donors (Lipinski definition) is 2. The number of amides is 2. The number of rotatable bonds is 8. The van der Waals surface area contributed by atoms with E-state index in [2.05, 4.69) is 15.8 Å². The first-order valence-electron chi connectivity index (χ1n) is 8.20. The van der Waals surface area contributed by atoms with Crippen LogP contribution in [0.2, 0.25) is 0 Å². The van der Waals surface area contributed by atoms with Crippen molar-refractivity contribution in [2.45, 2.75) is 13.3 Å². The molecule has 0 atom stereocenters. The molecule has 2 amide bonds. The van der Waals surface area contributed by atoms with Crippen molar-refractivity contribution in [1.29, 1.82) is 0 Å². The van der Waals surface area contributed by atoms with Gasteiger partial charge in [0.2, 0.25) is 11.8 Å². The zero-order chi connectivity index (χ0) is 19.6. The summed E-state index contributed by atoms with van der Waals surface area (Å²) in [5.74, 6) is -0.484. The minimum absolute atomic E-state index is 0.399. The molecule has 0 unspecified atom stereocenters. The zero-order valence-electron chi connectivity index (χ0n) is 15.0. The number of anilines is 1. The summed E-state index contributed by atoms with van der Waals surface area (Å²) in [7, 11) is 1.53. The fourth-order valence-corrected chi connectivity index (χ4v) is 2.19. The molecule has 0 bridgehead atoms. The van der Waals surface area contributed by atoms with Crippen molar-refractivity contribution >= 4 is 23.7 Å². The molecule has 2 aromatic carbocycles. The van der Waals surface area contributed by atoms with Gasteiger partial charge >= 0.3 is 0 Å². The van der Waals surface area contributed by atoms with Crippen molar-refractivity contribution in [3.63, 3.8) is 0 Å². The number of ether oxygens (including phenoxy) is 2. The van der Waals surface area contributed by atoms with Gasteiger partial charge in [0.1, 0.15) is 12.2 Å². The van der Waals surface area contributed by atoms with Crippen molar-refractivity contribution in [1.82, 2.24) is 5.43 Å². The molecule has 0 aliphatic rings. The molecule has 0 saturated heterocycles. The lowest BCUT2D eigenvalue weighted by atomic mass is 10.2. The number of methoxy groups -OCH3 is 1. The SMILES string of the molecule is CCOc1c(C=NNC(=O)CC(=O)Nc2ccc(F)cc2)cccc1OC. The van der Waals surface area contributed by atoms with E-state index in [1.54, 1.807) is 18.2 Å². The van der Waals surface area contributed by atoms with Crippen molar-refractivity contribution in [3.8, 4) is 11.5 Å². The number of carbonyl (C=O) groups excluding carboxylic acids is 2. The number of nitrogens with zero attached hydrogens (tertiary/aromatic N) is 1. The topological polar surface area (TPSA) is 89.0 Å². The van der Waals surface area contributed by atoms with Crippen LogP contribution >= 0.6 is 0 Å². The highest BCUT2D eigenvalue weighted by Gasteiger charge is 2.10. The van der Waals surface area contributed by atoms with Crippen molar-refractivity contribution in [2.75, 3.05) is 19.0 Å². The Morgan fingerprint density at radius 3 is 2.56 bits per heavy atom. The van der Waals surface area contributed by atoms with Crippen LogP contribution < -0.4 is 20.2 Å². The van der Waals surface area contributed by atoms with Gasteiger partial charge in [-0.3, -0.25) is 9.59 Å². The molecule has 142 valence electrons. The molecule has 0 saturated carbocycles. The number of halogens is 1. The van der Waals surface area contributed by atoms with E-state index in [0.29, 0.717) is 29.4 Å². The minimum Gasteiger partial charge on any atom is -0.493 e. The Balaban J connectivity index is 1.91. The summed E-state index contributed by atoms with van der Waals surface area (Å²) in [6.07, 6.45) is 0.981. The highest BCUT2D eigenvalue weighted by Crippen LogP contribution is 2.29. The number of benzene rings is 2. The molecule has 7 nitrogen and oxygen atoms in total. The van der Waals surface area contributed by atoms with Crippen LogP contribution in [0.1, 0.15) is 18.9 Å². The van der Waals surface area contributed by atoms with Gasteiger partial charge in [-0.25, -0.2) is 9.82 Å². The van der Waals surface area contributed by atoms with Gasteiger partial charge in [0, 0.05) is 11.3 Å². The smallest absolute Gasteiger partial charge is 0.249 e. The quantitative estimate of drug-likeness (QED) is 0.423. The Morgan fingerprint density at radius 2 is 1.89 bits per heavy atom. The highest BCUT2D eigenvalue weighted by molar-refractivity contribution is 6.03. The Kier molecular flexibility index (Phi) is 7.30. The van der Waals surface area contributed by atoms with E-state index in [1.807, 2.05) is 6.92 Å². The van der Waals surface area contributed by atoms with Crippen LogP contribution in [0.3, 0.4) is 0 Å². The molecule has 0 heterocycles. The second-order valence-electron chi connectivity index (χ2n) is 5.34. The maximum atomic E-state index is 12.8. The summed E-state index contributed by atoms with van der Waals surface area (Å²) in [5, 5.41) is 6.34. The zero-order valence-corrected chi connectivity index (χ0v) is 15.0. The van der Waals surface area contributed by atoms with Crippen LogP contribution in [-0.2, 0) is 9.59 Å². The summed E-state index contributed by atoms with van der Waals surface area (Å²) in [6, 6.07) is 10.5. The van der Waals surface area contributed by atoms with Crippen LogP contribution in [-0.4, -0.2) is 31.7 Å². The number of hydrogen-bond acceptors (Lipinski definition) is 5. The molecular weight excluding hydrogens is 353 g/mol. The van der Waals surface area contributed by atoms with Crippen LogP contribution in [0.4, 0.5) is 10.1 Å². The first-order chi connectivity index (χ1) is 13.0. The molecule has 0 aromatic heterocycles. The first kappa shape index (κ1) is 19.9. The van der Waals surface area contributed by atoms with Gasteiger partial charge in [0.15, 0.2) is 11.5 Å². The first-order valence-corrected chi connectivity index (χ1v) is 8.20. The Morgan fingerprint density at radius 1 is 1.15 bits per heavy atom. The third kappa shape index (κ3) is 6.10. The Bertz CT molecular complexity index is 822. The molecular formula is C19H20FN3O4. The molecule has 0 radical (unpaired) electrons. The highest BCUT2D eigenvalue weighted by atomic mass is 19.1. The number of nitrogens with one attached hydrogen (secondary N) is 2. The maximum Gasteiger partial charge on any atom is 0.249 e. The molecule has 2 rings (SSSR count). The van der Waals surface area contributed by atoms with Gasteiger partial charge in [-0.2, -0.15) is 5.10 Å². The van der Waals surface area contributed by atoms with E-state index < -0.39 is 24.1 Å². The second-order valence-corrected chi connectivity index (χ2v) is 5.34. The van der Waals surface area contributed by atoms with Gasteiger partial charge in [-0.1, -0.05) is 6.07 Å². The van der Waals surface area contributed by atoms with Gasteiger partial charge in [-0.05, 0) is 43.3 Å². The lowest BCUT2D eigenvalue weighted by Gasteiger charge is -2.11. The van der Waals surface area contributed by atoms with Gasteiger partial charge in [0.25, 0.3) is 0 Å². The van der Waals surface area contributed by atoms with Crippen LogP contribution in [0.15, 0.2) is 47.6 Å². The van der Waals surface area contributed by atoms with Gasteiger partial charge in [-0.15, -0.1) is 0 Å². The third-order valence-electron chi connectivity index (χ3n) is 3.36. The fraction of sp³-hybridized carbons (Fsp3) is 0.211. The normalized spacial score (nSPS) is 10.5. The van der Waals surface area contributed by atoms with Gasteiger partial charge in [0.05, 0.1) is 19.9 Å². The second kappa shape index (κ2) is 9.91. The predicted octanol–water partition coefficient (Wildman–Crippen LogP) is 2.71. The van der Waals surface area contributed by atoms with Crippen molar-refractivity contribution in [3.05, 3.63) is 53.8 Å².